The van der Waals surface area contributed by atoms with Crippen molar-refractivity contribution in [3.8, 4) is 0 Å². The molecule has 15 heavy (non-hydrogen) atoms. The first-order valence-electron chi connectivity index (χ1n) is 5.67. The van der Waals surface area contributed by atoms with Crippen LogP contribution in [0.15, 0.2) is 12.4 Å². The third-order valence-electron chi connectivity index (χ3n) is 2.67. The lowest BCUT2D eigenvalue weighted by Gasteiger charge is -2.19. The van der Waals surface area contributed by atoms with Crippen molar-refractivity contribution in [3.05, 3.63) is 12.4 Å². The highest BCUT2D eigenvalue weighted by Crippen LogP contribution is 2.24. The van der Waals surface area contributed by atoms with Crippen molar-refractivity contribution >= 4 is 11.6 Å². The Bertz CT molecular complexity index is 318. The van der Waals surface area contributed by atoms with E-state index in [2.05, 4.69) is 34.0 Å². The standard InChI is InChI=1S/C11H18N4/c1-3-15(4-2)11-7-10(12-8-13-11)14-9-5-6-9/h7-9H,3-6H2,1-2H3,(H,12,13,14). The maximum Gasteiger partial charge on any atom is 0.134 e. The zero-order valence-electron chi connectivity index (χ0n) is 9.40. The highest BCUT2D eigenvalue weighted by molar-refractivity contribution is 5.49. The topological polar surface area (TPSA) is 41.0 Å². The van der Waals surface area contributed by atoms with Crippen molar-refractivity contribution in [1.82, 2.24) is 9.97 Å². The lowest BCUT2D eigenvalue weighted by molar-refractivity contribution is 0.841. The molecule has 0 saturated heterocycles. The lowest BCUT2D eigenvalue weighted by atomic mass is 10.4. The third kappa shape index (κ3) is 2.58. The molecule has 1 aromatic heterocycles. The average Bonchev–Trinajstić information content (AvgIpc) is 3.04. The van der Waals surface area contributed by atoms with Crippen LogP contribution in [-0.4, -0.2) is 29.1 Å². The molecule has 0 unspecified atom stereocenters. The molecule has 0 aliphatic heterocycles. The van der Waals surface area contributed by atoms with Crippen molar-refractivity contribution in [2.45, 2.75) is 32.7 Å². The van der Waals surface area contributed by atoms with Crippen LogP contribution >= 0.6 is 0 Å². The van der Waals surface area contributed by atoms with E-state index in [1.54, 1.807) is 6.33 Å². The number of hydrogen-bond acceptors (Lipinski definition) is 4. The second-order valence-corrected chi connectivity index (χ2v) is 3.85. The van der Waals surface area contributed by atoms with Crippen molar-refractivity contribution in [3.63, 3.8) is 0 Å². The Morgan fingerprint density at radius 3 is 2.67 bits per heavy atom. The van der Waals surface area contributed by atoms with E-state index in [9.17, 15) is 0 Å². The molecule has 1 aromatic rings. The summed E-state index contributed by atoms with van der Waals surface area (Å²) in [7, 11) is 0. The Labute approximate surface area is 90.7 Å². The molecule has 1 N–H and O–H groups in total. The van der Waals surface area contributed by atoms with Crippen molar-refractivity contribution in [2.24, 2.45) is 0 Å². The van der Waals surface area contributed by atoms with Gasteiger partial charge in [0.1, 0.15) is 18.0 Å². The molecule has 1 saturated carbocycles. The second-order valence-electron chi connectivity index (χ2n) is 3.85. The van der Waals surface area contributed by atoms with Crippen LogP contribution in [0.3, 0.4) is 0 Å². The predicted molar refractivity (Wildman–Crippen MR) is 62.2 cm³/mol. The summed E-state index contributed by atoms with van der Waals surface area (Å²) in [5.41, 5.74) is 0. The normalized spacial score (nSPS) is 15.1. The zero-order chi connectivity index (χ0) is 10.7. The molecule has 1 aliphatic carbocycles. The van der Waals surface area contributed by atoms with Crippen LogP contribution < -0.4 is 10.2 Å². The van der Waals surface area contributed by atoms with Crippen LogP contribution in [-0.2, 0) is 0 Å². The maximum atomic E-state index is 4.28. The molecule has 0 radical (unpaired) electrons. The molecule has 0 amide bonds. The van der Waals surface area contributed by atoms with Gasteiger partial charge in [-0.25, -0.2) is 9.97 Å². The van der Waals surface area contributed by atoms with E-state index in [4.69, 9.17) is 0 Å². The minimum atomic E-state index is 0.643. The zero-order valence-corrected chi connectivity index (χ0v) is 9.40. The van der Waals surface area contributed by atoms with E-state index < -0.39 is 0 Å². The van der Waals surface area contributed by atoms with Gasteiger partial charge >= 0.3 is 0 Å². The van der Waals surface area contributed by atoms with Gasteiger partial charge in [-0.1, -0.05) is 0 Å². The first-order chi connectivity index (χ1) is 7.33. The molecule has 0 bridgehead atoms. The minimum Gasteiger partial charge on any atom is -0.367 e. The fraction of sp³-hybridized carbons (Fsp3) is 0.636. The number of anilines is 2. The Morgan fingerprint density at radius 2 is 2.07 bits per heavy atom. The molecule has 0 aromatic carbocycles. The number of hydrogen-bond donors (Lipinski definition) is 1. The van der Waals surface area contributed by atoms with E-state index in [0.29, 0.717) is 6.04 Å². The van der Waals surface area contributed by atoms with Gasteiger partial charge in [-0.3, -0.25) is 0 Å². The van der Waals surface area contributed by atoms with Gasteiger partial charge in [0.25, 0.3) is 0 Å². The molecule has 1 aliphatic rings. The van der Waals surface area contributed by atoms with Gasteiger partial charge in [0, 0.05) is 25.2 Å². The quantitative estimate of drug-likeness (QED) is 0.799. The Kier molecular flexibility index (Phi) is 3.04. The third-order valence-corrected chi connectivity index (χ3v) is 2.67. The summed E-state index contributed by atoms with van der Waals surface area (Å²) in [5, 5.41) is 3.38. The van der Waals surface area contributed by atoms with Crippen molar-refractivity contribution in [2.75, 3.05) is 23.3 Å². The number of rotatable bonds is 5. The van der Waals surface area contributed by atoms with Gasteiger partial charge in [0.05, 0.1) is 0 Å². The van der Waals surface area contributed by atoms with E-state index in [0.717, 1.165) is 24.7 Å². The lowest BCUT2D eigenvalue weighted by Crippen LogP contribution is -2.23. The highest BCUT2D eigenvalue weighted by Gasteiger charge is 2.21. The van der Waals surface area contributed by atoms with E-state index in [1.807, 2.05) is 6.07 Å². The molecule has 1 heterocycles. The summed E-state index contributed by atoms with van der Waals surface area (Å²) < 4.78 is 0. The van der Waals surface area contributed by atoms with Gasteiger partial charge in [-0.05, 0) is 26.7 Å². The van der Waals surface area contributed by atoms with Gasteiger partial charge in [0.15, 0.2) is 0 Å². The second kappa shape index (κ2) is 4.47. The Balaban J connectivity index is 2.09. The first kappa shape index (κ1) is 10.2. The molecule has 0 atom stereocenters. The summed E-state index contributed by atoms with van der Waals surface area (Å²) >= 11 is 0. The molecule has 2 rings (SSSR count). The van der Waals surface area contributed by atoms with Crippen molar-refractivity contribution in [1.29, 1.82) is 0 Å². The Hall–Kier alpha value is -1.32. The fourth-order valence-corrected chi connectivity index (χ4v) is 1.58. The average molecular weight is 206 g/mol. The largest absolute Gasteiger partial charge is 0.367 e. The van der Waals surface area contributed by atoms with Crippen LogP contribution in [0.1, 0.15) is 26.7 Å². The molecular formula is C11H18N4. The molecule has 1 fully saturated rings. The SMILES string of the molecule is CCN(CC)c1cc(NC2CC2)ncn1. The van der Waals surface area contributed by atoms with Gasteiger partial charge in [0.2, 0.25) is 0 Å². The van der Waals surface area contributed by atoms with E-state index >= 15 is 0 Å². The molecular weight excluding hydrogens is 188 g/mol. The first-order valence-corrected chi connectivity index (χ1v) is 5.67. The Morgan fingerprint density at radius 1 is 1.33 bits per heavy atom. The predicted octanol–water partition coefficient (Wildman–Crippen LogP) is 1.90. The van der Waals surface area contributed by atoms with Crippen LogP contribution in [0.5, 0.6) is 0 Å². The van der Waals surface area contributed by atoms with Gasteiger partial charge in [-0.2, -0.15) is 0 Å². The van der Waals surface area contributed by atoms with Crippen LogP contribution in [0, 0.1) is 0 Å². The summed E-state index contributed by atoms with van der Waals surface area (Å²) in [4.78, 5) is 10.7. The number of nitrogens with one attached hydrogen (secondary N) is 1. The monoisotopic (exact) mass is 206 g/mol. The van der Waals surface area contributed by atoms with E-state index in [-0.39, 0.29) is 0 Å². The van der Waals surface area contributed by atoms with Crippen LogP contribution in [0.4, 0.5) is 11.6 Å². The molecule has 4 nitrogen and oxygen atoms in total. The van der Waals surface area contributed by atoms with Gasteiger partial charge < -0.3 is 10.2 Å². The van der Waals surface area contributed by atoms with Crippen LogP contribution in [0.25, 0.3) is 0 Å². The highest BCUT2D eigenvalue weighted by atomic mass is 15.2. The maximum absolute atomic E-state index is 4.28. The minimum absolute atomic E-state index is 0.643. The summed E-state index contributed by atoms with van der Waals surface area (Å²) in [6, 6.07) is 2.68. The summed E-state index contributed by atoms with van der Waals surface area (Å²) in [6.45, 7) is 6.24. The number of aromatic nitrogens is 2. The smallest absolute Gasteiger partial charge is 0.134 e. The molecule has 4 heteroatoms. The molecule has 82 valence electrons. The fourth-order valence-electron chi connectivity index (χ4n) is 1.58. The van der Waals surface area contributed by atoms with E-state index in [1.165, 1.54) is 12.8 Å². The van der Waals surface area contributed by atoms with Crippen LogP contribution in [0.2, 0.25) is 0 Å². The summed E-state index contributed by atoms with van der Waals surface area (Å²) in [5.74, 6) is 1.97. The number of nitrogens with zero attached hydrogens (tertiary/aromatic N) is 3. The summed E-state index contributed by atoms with van der Waals surface area (Å²) in [6.07, 6.45) is 4.17. The van der Waals surface area contributed by atoms with Gasteiger partial charge in [-0.15, -0.1) is 0 Å². The molecule has 0 spiro atoms. The van der Waals surface area contributed by atoms with Crippen molar-refractivity contribution < 1.29 is 0 Å².